The largest absolute Gasteiger partial charge is 0.377 e. The van der Waals surface area contributed by atoms with E-state index in [4.69, 9.17) is 9.26 Å². The molecule has 1 aliphatic heterocycles. The molecule has 2 aromatic rings. The first-order valence-electron chi connectivity index (χ1n) is 9.14. The molecule has 25 heavy (non-hydrogen) atoms. The van der Waals surface area contributed by atoms with E-state index in [1.807, 2.05) is 11.0 Å². The van der Waals surface area contributed by atoms with Gasteiger partial charge in [-0.15, -0.1) is 0 Å². The summed E-state index contributed by atoms with van der Waals surface area (Å²) in [5, 5.41) is 3.65. The molecule has 0 bridgehead atoms. The summed E-state index contributed by atoms with van der Waals surface area (Å²) in [7, 11) is 0. The maximum Gasteiger partial charge on any atom is 0.258 e. The summed E-state index contributed by atoms with van der Waals surface area (Å²) >= 11 is 0. The van der Waals surface area contributed by atoms with E-state index in [1.165, 1.54) is 30.9 Å². The summed E-state index contributed by atoms with van der Waals surface area (Å²) in [5.74, 6) is 1.08. The molecular weight excluding hydrogens is 316 g/mol. The van der Waals surface area contributed by atoms with E-state index < -0.39 is 0 Å². The van der Waals surface area contributed by atoms with Crippen LogP contribution in [0.4, 0.5) is 0 Å². The molecule has 2 heterocycles. The smallest absolute Gasteiger partial charge is 0.258 e. The molecule has 0 unspecified atom stereocenters. The highest BCUT2D eigenvalue weighted by Crippen LogP contribution is 2.32. The molecule has 2 atom stereocenters. The van der Waals surface area contributed by atoms with Gasteiger partial charge in [-0.1, -0.05) is 35.5 Å². The van der Waals surface area contributed by atoms with Gasteiger partial charge in [0.2, 0.25) is 0 Å². The zero-order chi connectivity index (χ0) is 17.1. The van der Waals surface area contributed by atoms with Crippen molar-refractivity contribution in [3.63, 3.8) is 0 Å². The standard InChI is InChI=1S/C20H24N2O3/c23-20(18-11-21-25-14-18)22-9-8-19(24-13-16-6-7-16)17(12-22)10-15-4-2-1-3-5-15/h1-5,11,14,16-17,19H,6-10,12-13H2/t17-,19-/m1/s1. The second-order valence-corrected chi connectivity index (χ2v) is 7.22. The Morgan fingerprint density at radius 2 is 2.08 bits per heavy atom. The molecule has 2 aliphatic rings. The van der Waals surface area contributed by atoms with Crippen LogP contribution in [0.25, 0.3) is 0 Å². The van der Waals surface area contributed by atoms with Crippen molar-refractivity contribution in [1.82, 2.24) is 10.1 Å². The predicted molar refractivity (Wildman–Crippen MR) is 93.1 cm³/mol. The average molecular weight is 340 g/mol. The molecule has 1 amide bonds. The number of benzene rings is 1. The van der Waals surface area contributed by atoms with Crippen LogP contribution in [0.15, 0.2) is 47.3 Å². The van der Waals surface area contributed by atoms with Crippen molar-refractivity contribution in [3.8, 4) is 0 Å². The van der Waals surface area contributed by atoms with Gasteiger partial charge in [-0.3, -0.25) is 4.79 Å². The number of aromatic nitrogens is 1. The number of nitrogens with zero attached hydrogens (tertiary/aromatic N) is 2. The molecular formula is C20H24N2O3. The van der Waals surface area contributed by atoms with Crippen LogP contribution in [0.3, 0.4) is 0 Å². The van der Waals surface area contributed by atoms with E-state index in [2.05, 4.69) is 29.4 Å². The number of hydrogen-bond donors (Lipinski definition) is 0. The molecule has 0 spiro atoms. The van der Waals surface area contributed by atoms with Crippen LogP contribution in [-0.2, 0) is 11.2 Å². The van der Waals surface area contributed by atoms with Crippen molar-refractivity contribution < 1.29 is 14.1 Å². The Bertz CT molecular complexity index is 682. The molecule has 5 nitrogen and oxygen atoms in total. The third-order valence-corrected chi connectivity index (χ3v) is 5.21. The van der Waals surface area contributed by atoms with Gasteiger partial charge in [0.25, 0.3) is 5.91 Å². The summed E-state index contributed by atoms with van der Waals surface area (Å²) in [6.07, 6.45) is 7.56. The number of carbonyl (C=O) groups is 1. The summed E-state index contributed by atoms with van der Waals surface area (Å²) in [6, 6.07) is 10.5. The fourth-order valence-corrected chi connectivity index (χ4v) is 3.56. The SMILES string of the molecule is O=C(c1cnoc1)N1CC[C@@H](OCC2CC2)[C@H](Cc2ccccc2)C1. The van der Waals surface area contributed by atoms with Crippen molar-refractivity contribution >= 4 is 5.91 Å². The van der Waals surface area contributed by atoms with Crippen LogP contribution >= 0.6 is 0 Å². The third-order valence-electron chi connectivity index (χ3n) is 5.21. The highest BCUT2D eigenvalue weighted by molar-refractivity contribution is 5.93. The van der Waals surface area contributed by atoms with Crippen LogP contribution in [-0.4, -0.2) is 41.8 Å². The Morgan fingerprint density at radius 3 is 2.80 bits per heavy atom. The molecule has 1 aromatic carbocycles. The monoisotopic (exact) mass is 340 g/mol. The first kappa shape index (κ1) is 16.3. The summed E-state index contributed by atoms with van der Waals surface area (Å²) in [4.78, 5) is 14.5. The van der Waals surface area contributed by atoms with Crippen LogP contribution in [0.5, 0.6) is 0 Å². The molecule has 1 saturated carbocycles. The maximum absolute atomic E-state index is 12.6. The highest BCUT2D eigenvalue weighted by atomic mass is 16.5. The van der Waals surface area contributed by atoms with E-state index in [9.17, 15) is 4.79 Å². The van der Waals surface area contributed by atoms with E-state index in [-0.39, 0.29) is 12.0 Å². The van der Waals surface area contributed by atoms with E-state index in [0.717, 1.165) is 31.9 Å². The molecule has 1 saturated heterocycles. The summed E-state index contributed by atoms with van der Waals surface area (Å²) in [6.45, 7) is 2.31. The third kappa shape index (κ3) is 4.10. The van der Waals surface area contributed by atoms with Crippen LogP contribution in [0.1, 0.15) is 35.2 Å². The summed E-state index contributed by atoms with van der Waals surface area (Å²) in [5.41, 5.74) is 1.82. The van der Waals surface area contributed by atoms with Gasteiger partial charge in [-0.2, -0.15) is 0 Å². The Balaban J connectivity index is 1.45. The van der Waals surface area contributed by atoms with Crippen molar-refractivity contribution in [2.45, 2.75) is 31.8 Å². The Labute approximate surface area is 147 Å². The average Bonchev–Trinajstić information content (AvgIpc) is 3.31. The Kier molecular flexibility index (Phi) is 4.83. The first-order chi connectivity index (χ1) is 12.3. The van der Waals surface area contributed by atoms with Gasteiger partial charge >= 0.3 is 0 Å². The lowest BCUT2D eigenvalue weighted by Crippen LogP contribution is -2.47. The molecule has 0 radical (unpaired) electrons. The number of carbonyl (C=O) groups excluding carboxylic acids is 1. The Hall–Kier alpha value is -2.14. The molecule has 0 N–H and O–H groups in total. The minimum Gasteiger partial charge on any atom is -0.377 e. The lowest BCUT2D eigenvalue weighted by atomic mass is 9.88. The predicted octanol–water partition coefficient (Wildman–Crippen LogP) is 3.17. The molecule has 132 valence electrons. The van der Waals surface area contributed by atoms with Gasteiger partial charge in [0, 0.05) is 25.6 Å². The van der Waals surface area contributed by atoms with Crippen molar-refractivity contribution in [2.24, 2.45) is 11.8 Å². The van der Waals surface area contributed by atoms with Gasteiger partial charge < -0.3 is 14.2 Å². The fraction of sp³-hybridized carbons (Fsp3) is 0.500. The number of hydrogen-bond acceptors (Lipinski definition) is 4. The zero-order valence-corrected chi connectivity index (χ0v) is 14.3. The normalized spacial score (nSPS) is 23.6. The second-order valence-electron chi connectivity index (χ2n) is 7.22. The first-order valence-corrected chi connectivity index (χ1v) is 9.14. The van der Waals surface area contributed by atoms with Crippen LogP contribution < -0.4 is 0 Å². The number of rotatable bonds is 6. The molecule has 4 rings (SSSR count). The van der Waals surface area contributed by atoms with Gasteiger partial charge in [0.15, 0.2) is 0 Å². The quantitative estimate of drug-likeness (QED) is 0.810. The topological polar surface area (TPSA) is 55.6 Å². The van der Waals surface area contributed by atoms with E-state index in [0.29, 0.717) is 18.0 Å². The maximum atomic E-state index is 12.6. The van der Waals surface area contributed by atoms with Crippen LogP contribution in [0.2, 0.25) is 0 Å². The van der Waals surface area contributed by atoms with Crippen LogP contribution in [0, 0.1) is 11.8 Å². The van der Waals surface area contributed by atoms with E-state index in [1.54, 1.807) is 0 Å². The molecule has 1 aromatic heterocycles. The van der Waals surface area contributed by atoms with Crippen molar-refractivity contribution in [1.29, 1.82) is 0 Å². The number of ether oxygens (including phenoxy) is 1. The lowest BCUT2D eigenvalue weighted by Gasteiger charge is -2.38. The second kappa shape index (κ2) is 7.40. The van der Waals surface area contributed by atoms with Gasteiger partial charge in [-0.05, 0) is 37.2 Å². The number of piperidine rings is 1. The molecule has 1 aliphatic carbocycles. The summed E-state index contributed by atoms with van der Waals surface area (Å²) < 4.78 is 11.1. The highest BCUT2D eigenvalue weighted by Gasteiger charge is 2.34. The van der Waals surface area contributed by atoms with Gasteiger partial charge in [0.05, 0.1) is 17.9 Å². The zero-order valence-electron chi connectivity index (χ0n) is 14.3. The number of likely N-dealkylation sites (tertiary alicyclic amines) is 1. The van der Waals surface area contributed by atoms with Gasteiger partial charge in [-0.25, -0.2) is 0 Å². The molecule has 2 fully saturated rings. The van der Waals surface area contributed by atoms with E-state index >= 15 is 0 Å². The molecule has 5 heteroatoms. The number of amides is 1. The minimum atomic E-state index is -0.0000420. The Morgan fingerprint density at radius 1 is 1.24 bits per heavy atom. The van der Waals surface area contributed by atoms with Gasteiger partial charge in [0.1, 0.15) is 6.26 Å². The fourth-order valence-electron chi connectivity index (χ4n) is 3.56. The lowest BCUT2D eigenvalue weighted by molar-refractivity contribution is -0.0326. The minimum absolute atomic E-state index is 0.0000420. The van der Waals surface area contributed by atoms with Crippen molar-refractivity contribution in [2.75, 3.05) is 19.7 Å². The van der Waals surface area contributed by atoms with Crippen molar-refractivity contribution in [3.05, 3.63) is 53.9 Å².